The van der Waals surface area contributed by atoms with Gasteiger partial charge in [-0.15, -0.1) is 0 Å². The Hall–Kier alpha value is -4.75. The highest BCUT2D eigenvalue weighted by molar-refractivity contribution is 5.76. The van der Waals surface area contributed by atoms with Crippen LogP contribution in [0, 0.1) is 17.1 Å². The van der Waals surface area contributed by atoms with Crippen molar-refractivity contribution < 1.29 is 9.13 Å². The van der Waals surface area contributed by atoms with Crippen molar-refractivity contribution in [2.75, 3.05) is 31.1 Å². The molecule has 0 amide bonds. The molecule has 3 aromatic heterocycles. The number of para-hydroxylation sites is 2. The molecule has 4 heterocycles. The summed E-state index contributed by atoms with van der Waals surface area (Å²) >= 11 is 0. The Bertz CT molecular complexity index is 1680. The standard InChI is InChI=1S/C30H29FN8O/c1-36-21-33-17-24(36)18-39-27-6-3-2-5-26(27)34-29(39)19-37-11-13-38(14-12-37)28-7-4-8-30(35-28)40-20-23-10-9-22(16-32)15-25(23)31/h2-10,15,17,21H,11-14,18-20H2,1H3. The molecular weight excluding hydrogens is 507 g/mol. The van der Waals surface area contributed by atoms with Crippen LogP contribution in [-0.2, 0) is 26.7 Å². The second-order valence-electron chi connectivity index (χ2n) is 9.90. The molecule has 0 aliphatic carbocycles. The average molecular weight is 537 g/mol. The number of pyridine rings is 1. The third kappa shape index (κ3) is 5.37. The predicted molar refractivity (Wildman–Crippen MR) is 149 cm³/mol. The van der Waals surface area contributed by atoms with Gasteiger partial charge in [0.2, 0.25) is 5.88 Å². The van der Waals surface area contributed by atoms with Crippen molar-refractivity contribution in [3.63, 3.8) is 0 Å². The van der Waals surface area contributed by atoms with E-state index >= 15 is 0 Å². The molecular formula is C30H29FN8O. The number of fused-ring (bicyclic) bond motifs is 1. The fraction of sp³-hybridized carbons (Fsp3) is 0.267. The smallest absolute Gasteiger partial charge is 0.215 e. The summed E-state index contributed by atoms with van der Waals surface area (Å²) in [4.78, 5) is 18.6. The molecule has 9 nitrogen and oxygen atoms in total. The van der Waals surface area contributed by atoms with Gasteiger partial charge in [0.25, 0.3) is 0 Å². The number of imidazole rings is 2. The number of benzene rings is 2. The van der Waals surface area contributed by atoms with Crippen molar-refractivity contribution in [1.29, 1.82) is 5.26 Å². The summed E-state index contributed by atoms with van der Waals surface area (Å²) in [5, 5.41) is 8.93. The maximum Gasteiger partial charge on any atom is 0.215 e. The number of ether oxygens (including phenoxy) is 1. The zero-order chi connectivity index (χ0) is 27.5. The molecule has 202 valence electrons. The number of hydrogen-bond acceptors (Lipinski definition) is 7. The topological polar surface area (TPSA) is 88.0 Å². The molecule has 0 atom stereocenters. The number of nitriles is 1. The number of piperazine rings is 1. The highest BCUT2D eigenvalue weighted by atomic mass is 19.1. The molecule has 0 spiro atoms. The Morgan fingerprint density at radius 2 is 1.82 bits per heavy atom. The van der Waals surface area contributed by atoms with E-state index in [0.29, 0.717) is 11.4 Å². The fourth-order valence-electron chi connectivity index (χ4n) is 5.00. The zero-order valence-corrected chi connectivity index (χ0v) is 22.2. The molecule has 6 rings (SSSR count). The molecule has 0 unspecified atom stereocenters. The Labute approximate surface area is 231 Å². The number of aromatic nitrogens is 5. The molecule has 0 N–H and O–H groups in total. The molecule has 1 aliphatic heterocycles. The number of nitrogens with zero attached hydrogens (tertiary/aromatic N) is 8. The van der Waals surface area contributed by atoms with Crippen LogP contribution in [0.5, 0.6) is 5.88 Å². The van der Waals surface area contributed by atoms with Crippen molar-refractivity contribution in [2.45, 2.75) is 19.7 Å². The second kappa shape index (κ2) is 11.2. The van der Waals surface area contributed by atoms with Crippen molar-refractivity contribution in [1.82, 2.24) is 29.0 Å². The van der Waals surface area contributed by atoms with Gasteiger partial charge in [-0.3, -0.25) is 4.90 Å². The first-order valence-electron chi connectivity index (χ1n) is 13.2. The van der Waals surface area contributed by atoms with Crippen LogP contribution in [0.3, 0.4) is 0 Å². The van der Waals surface area contributed by atoms with Gasteiger partial charge >= 0.3 is 0 Å². The van der Waals surface area contributed by atoms with Crippen LogP contribution < -0.4 is 9.64 Å². The van der Waals surface area contributed by atoms with Crippen LogP contribution in [0.15, 0.2) is 73.2 Å². The van der Waals surface area contributed by atoms with Gasteiger partial charge in [0.1, 0.15) is 24.1 Å². The van der Waals surface area contributed by atoms with Crippen LogP contribution in [0.25, 0.3) is 11.0 Å². The summed E-state index contributed by atoms with van der Waals surface area (Å²) < 4.78 is 24.3. The lowest BCUT2D eigenvalue weighted by Crippen LogP contribution is -2.46. The predicted octanol–water partition coefficient (Wildman–Crippen LogP) is 4.13. The monoisotopic (exact) mass is 536 g/mol. The third-order valence-electron chi connectivity index (χ3n) is 7.30. The lowest BCUT2D eigenvalue weighted by molar-refractivity contribution is 0.240. The van der Waals surface area contributed by atoms with E-state index in [1.54, 1.807) is 18.2 Å². The quantitative estimate of drug-likeness (QED) is 0.295. The minimum absolute atomic E-state index is 0.0432. The van der Waals surface area contributed by atoms with E-state index in [2.05, 4.69) is 42.5 Å². The first kappa shape index (κ1) is 25.5. The molecule has 5 aromatic rings. The van der Waals surface area contributed by atoms with E-state index in [9.17, 15) is 4.39 Å². The van der Waals surface area contributed by atoms with Crippen LogP contribution >= 0.6 is 0 Å². The minimum Gasteiger partial charge on any atom is -0.473 e. The van der Waals surface area contributed by atoms with Crippen LogP contribution in [-0.4, -0.2) is 55.2 Å². The zero-order valence-electron chi connectivity index (χ0n) is 22.2. The normalized spacial score (nSPS) is 14.0. The highest BCUT2D eigenvalue weighted by Gasteiger charge is 2.21. The van der Waals surface area contributed by atoms with E-state index < -0.39 is 5.82 Å². The molecule has 40 heavy (non-hydrogen) atoms. The molecule has 1 fully saturated rings. The van der Waals surface area contributed by atoms with Crippen molar-refractivity contribution in [2.24, 2.45) is 7.05 Å². The Balaban J connectivity index is 1.10. The van der Waals surface area contributed by atoms with Crippen LogP contribution in [0.1, 0.15) is 22.6 Å². The van der Waals surface area contributed by atoms with Gasteiger partial charge in [-0.2, -0.15) is 10.2 Å². The number of anilines is 1. The largest absolute Gasteiger partial charge is 0.473 e. The van der Waals surface area contributed by atoms with E-state index in [1.165, 1.54) is 6.07 Å². The Kier molecular flexibility index (Phi) is 7.12. The summed E-state index contributed by atoms with van der Waals surface area (Å²) in [7, 11) is 2.01. The van der Waals surface area contributed by atoms with Crippen LogP contribution in [0.4, 0.5) is 10.2 Å². The molecule has 0 saturated carbocycles. The van der Waals surface area contributed by atoms with Gasteiger partial charge in [0.05, 0.1) is 47.8 Å². The summed E-state index contributed by atoms with van der Waals surface area (Å²) in [5.41, 5.74) is 3.92. The van der Waals surface area contributed by atoms with Crippen LogP contribution in [0.2, 0.25) is 0 Å². The molecule has 1 aliphatic rings. The number of aryl methyl sites for hydroxylation is 1. The summed E-state index contributed by atoms with van der Waals surface area (Å²) in [5.74, 6) is 1.85. The minimum atomic E-state index is -0.458. The number of rotatable bonds is 8. The maximum atomic E-state index is 14.2. The summed E-state index contributed by atoms with van der Waals surface area (Å²) in [6.45, 7) is 4.91. The first-order chi connectivity index (χ1) is 19.6. The SMILES string of the molecule is Cn1cncc1Cn1c(CN2CCN(c3cccc(OCc4ccc(C#N)cc4F)n3)CC2)nc2ccccc21. The Morgan fingerprint density at radius 1 is 0.975 bits per heavy atom. The van der Waals surface area contributed by atoms with E-state index in [-0.39, 0.29) is 12.2 Å². The molecule has 0 radical (unpaired) electrons. The molecule has 0 bridgehead atoms. The Morgan fingerprint density at radius 3 is 2.60 bits per heavy atom. The maximum absolute atomic E-state index is 14.2. The van der Waals surface area contributed by atoms with E-state index in [0.717, 1.165) is 67.6 Å². The molecule has 2 aromatic carbocycles. The fourth-order valence-corrected chi connectivity index (χ4v) is 5.00. The summed E-state index contributed by atoms with van der Waals surface area (Å²) in [6.07, 6.45) is 3.73. The van der Waals surface area contributed by atoms with E-state index in [1.807, 2.05) is 48.4 Å². The van der Waals surface area contributed by atoms with Crippen molar-refractivity contribution in [3.8, 4) is 11.9 Å². The lowest BCUT2D eigenvalue weighted by atomic mass is 10.1. The van der Waals surface area contributed by atoms with E-state index in [4.69, 9.17) is 15.0 Å². The van der Waals surface area contributed by atoms with Crippen molar-refractivity contribution in [3.05, 3.63) is 102 Å². The van der Waals surface area contributed by atoms with Gasteiger partial charge in [-0.05, 0) is 30.3 Å². The van der Waals surface area contributed by atoms with Gasteiger partial charge in [0, 0.05) is 51.1 Å². The van der Waals surface area contributed by atoms with Gasteiger partial charge in [0.15, 0.2) is 0 Å². The van der Waals surface area contributed by atoms with Crippen molar-refractivity contribution >= 4 is 16.9 Å². The highest BCUT2D eigenvalue weighted by Crippen LogP contribution is 2.22. The summed E-state index contributed by atoms with van der Waals surface area (Å²) in [6, 6.07) is 20.2. The number of hydrogen-bond donors (Lipinski definition) is 0. The molecule has 10 heteroatoms. The lowest BCUT2D eigenvalue weighted by Gasteiger charge is -2.35. The number of halogens is 1. The average Bonchev–Trinajstić information content (AvgIpc) is 3.55. The van der Waals surface area contributed by atoms with Gasteiger partial charge in [-0.1, -0.05) is 24.3 Å². The van der Waals surface area contributed by atoms with Gasteiger partial charge in [-0.25, -0.2) is 14.4 Å². The second-order valence-corrected chi connectivity index (χ2v) is 9.90. The first-order valence-corrected chi connectivity index (χ1v) is 13.2. The van der Waals surface area contributed by atoms with Gasteiger partial charge < -0.3 is 18.8 Å². The third-order valence-corrected chi connectivity index (χ3v) is 7.30. The molecule has 1 saturated heterocycles.